The van der Waals surface area contributed by atoms with Gasteiger partial charge in [0, 0.05) is 44.8 Å². The molecule has 4 rings (SSSR count). The molecule has 1 saturated heterocycles. The Bertz CT molecular complexity index is 1210. The number of aromatic nitrogens is 1. The molecule has 1 N–H and O–H groups in total. The van der Waals surface area contributed by atoms with Crippen LogP contribution in [0.15, 0.2) is 24.3 Å². The number of fused-ring (bicyclic) bond motifs is 1. The number of benzene rings is 2. The number of thiazole rings is 1. The number of amides is 1. The van der Waals surface area contributed by atoms with Crippen molar-refractivity contribution in [3.63, 3.8) is 0 Å². The van der Waals surface area contributed by atoms with Crippen molar-refractivity contribution in [3.8, 4) is 23.0 Å². The highest BCUT2D eigenvalue weighted by Crippen LogP contribution is 2.39. The summed E-state index contributed by atoms with van der Waals surface area (Å²) < 4.78 is 23.9. The first-order valence-electron chi connectivity index (χ1n) is 13.2. The molecule has 1 fully saturated rings. The third kappa shape index (κ3) is 6.24. The predicted molar refractivity (Wildman–Crippen MR) is 152 cm³/mol. The first-order chi connectivity index (χ1) is 18.5. The fourth-order valence-electron chi connectivity index (χ4n) is 4.51. The molecule has 0 radical (unpaired) electrons. The van der Waals surface area contributed by atoms with Crippen LogP contribution in [0.2, 0.25) is 0 Å². The first-order valence-corrected chi connectivity index (χ1v) is 14.1. The zero-order valence-electron chi connectivity index (χ0n) is 23.0. The van der Waals surface area contributed by atoms with E-state index in [0.29, 0.717) is 49.2 Å². The fourth-order valence-corrected chi connectivity index (χ4v) is 5.61. The molecule has 0 saturated carbocycles. The van der Waals surface area contributed by atoms with E-state index < -0.39 is 0 Å². The highest BCUT2D eigenvalue weighted by Gasteiger charge is 2.22. The average Bonchev–Trinajstić information content (AvgIpc) is 3.38. The fraction of sp³-hybridized carbons (Fsp3) is 0.500. The second kappa shape index (κ2) is 13.0. The first kappa shape index (κ1) is 27.8. The molecule has 3 aromatic rings. The number of ether oxygens (including phenoxy) is 4. The van der Waals surface area contributed by atoms with E-state index in [1.807, 2.05) is 26.8 Å². The Labute approximate surface area is 228 Å². The van der Waals surface area contributed by atoms with Crippen molar-refractivity contribution in [1.29, 1.82) is 0 Å². The van der Waals surface area contributed by atoms with Crippen LogP contribution in [0.3, 0.4) is 0 Å². The van der Waals surface area contributed by atoms with Crippen LogP contribution in [-0.4, -0.2) is 82.0 Å². The number of hydrogen-bond donors (Lipinski definition) is 1. The van der Waals surface area contributed by atoms with E-state index in [1.165, 1.54) is 10.3 Å². The van der Waals surface area contributed by atoms with E-state index in [-0.39, 0.29) is 5.91 Å². The number of hydrogen-bond acceptors (Lipinski definition) is 9. The van der Waals surface area contributed by atoms with Crippen LogP contribution >= 0.6 is 11.3 Å². The van der Waals surface area contributed by atoms with Crippen LogP contribution in [0.5, 0.6) is 23.0 Å². The summed E-state index contributed by atoms with van der Waals surface area (Å²) in [5.74, 6) is 2.23. The summed E-state index contributed by atoms with van der Waals surface area (Å²) in [5.41, 5.74) is 2.65. The van der Waals surface area contributed by atoms with Crippen LogP contribution < -0.4 is 29.2 Å². The van der Waals surface area contributed by atoms with Gasteiger partial charge >= 0.3 is 0 Å². The van der Waals surface area contributed by atoms with E-state index in [1.54, 1.807) is 30.6 Å². The number of nitrogens with one attached hydrogen (secondary N) is 1. The summed E-state index contributed by atoms with van der Waals surface area (Å²) in [7, 11) is 1.69. The van der Waals surface area contributed by atoms with Crippen LogP contribution in [-0.2, 0) is 0 Å². The summed E-state index contributed by atoms with van der Waals surface area (Å²) in [6.07, 6.45) is 0. The molecule has 1 aromatic heterocycles. The maximum absolute atomic E-state index is 13.0. The lowest BCUT2D eigenvalue weighted by Gasteiger charge is -2.34. The molecular formula is C28H38N4O5S. The van der Waals surface area contributed by atoms with Crippen molar-refractivity contribution < 1.29 is 23.7 Å². The van der Waals surface area contributed by atoms with Gasteiger partial charge in [-0.05, 0) is 51.5 Å². The van der Waals surface area contributed by atoms with Gasteiger partial charge in [-0.3, -0.25) is 9.69 Å². The van der Waals surface area contributed by atoms with E-state index >= 15 is 0 Å². The van der Waals surface area contributed by atoms with Gasteiger partial charge in [-0.2, -0.15) is 0 Å². The van der Waals surface area contributed by atoms with Crippen molar-refractivity contribution in [2.24, 2.45) is 0 Å². The zero-order chi connectivity index (χ0) is 27.1. The maximum atomic E-state index is 13.0. The molecule has 2 heterocycles. The van der Waals surface area contributed by atoms with Gasteiger partial charge in [0.15, 0.2) is 16.6 Å². The highest BCUT2D eigenvalue weighted by molar-refractivity contribution is 7.22. The van der Waals surface area contributed by atoms with Gasteiger partial charge in [-0.1, -0.05) is 17.4 Å². The minimum absolute atomic E-state index is 0.160. The van der Waals surface area contributed by atoms with Gasteiger partial charge in [0.05, 0.1) is 31.6 Å². The number of anilines is 1. The lowest BCUT2D eigenvalue weighted by molar-refractivity contribution is 0.0946. The molecule has 1 aliphatic heterocycles. The number of rotatable bonds is 12. The van der Waals surface area contributed by atoms with Crippen LogP contribution in [0.1, 0.15) is 36.7 Å². The van der Waals surface area contributed by atoms with E-state index in [9.17, 15) is 4.79 Å². The zero-order valence-corrected chi connectivity index (χ0v) is 23.8. The standard InChI is InChI=1S/C28H38N4O5S/c1-6-35-22-17-20(18-23(36-7-2)25(22)37-8-3)27(33)29-11-12-31-13-15-32(16-14-31)28-30-24-21(34-5)10-9-19(4)26(24)38-28/h9-10,17-18H,6-8,11-16H2,1-5H3,(H,29,33). The Balaban J connectivity index is 1.32. The number of aryl methyl sites for hydroxylation is 1. The van der Waals surface area contributed by atoms with Crippen LogP contribution in [0, 0.1) is 6.92 Å². The van der Waals surface area contributed by atoms with Crippen molar-refractivity contribution in [3.05, 3.63) is 35.4 Å². The Morgan fingerprint density at radius 1 is 0.974 bits per heavy atom. The van der Waals surface area contributed by atoms with Crippen molar-refractivity contribution in [2.75, 3.05) is 71.1 Å². The van der Waals surface area contributed by atoms with E-state index in [2.05, 4.69) is 28.1 Å². The van der Waals surface area contributed by atoms with E-state index in [0.717, 1.165) is 49.1 Å². The van der Waals surface area contributed by atoms with Gasteiger partial charge in [-0.25, -0.2) is 4.98 Å². The van der Waals surface area contributed by atoms with Crippen LogP contribution in [0.25, 0.3) is 10.2 Å². The van der Waals surface area contributed by atoms with Crippen molar-refractivity contribution in [1.82, 2.24) is 15.2 Å². The summed E-state index contributed by atoms with van der Waals surface area (Å²) in [4.78, 5) is 22.6. The monoisotopic (exact) mass is 542 g/mol. The molecular weight excluding hydrogens is 504 g/mol. The summed E-state index contributed by atoms with van der Waals surface area (Å²) >= 11 is 1.72. The van der Waals surface area contributed by atoms with E-state index in [4.69, 9.17) is 23.9 Å². The van der Waals surface area contributed by atoms with Crippen molar-refractivity contribution in [2.45, 2.75) is 27.7 Å². The summed E-state index contributed by atoms with van der Waals surface area (Å²) in [6, 6.07) is 7.51. The minimum atomic E-state index is -0.160. The molecule has 0 spiro atoms. The average molecular weight is 543 g/mol. The van der Waals surface area contributed by atoms with Gasteiger partial charge in [-0.15, -0.1) is 0 Å². The molecule has 0 unspecified atom stereocenters. The normalized spacial score (nSPS) is 14.0. The molecule has 1 aliphatic rings. The Morgan fingerprint density at radius 3 is 2.24 bits per heavy atom. The van der Waals surface area contributed by atoms with Crippen LogP contribution in [0.4, 0.5) is 5.13 Å². The maximum Gasteiger partial charge on any atom is 0.251 e. The second-order valence-electron chi connectivity index (χ2n) is 8.94. The molecule has 1 amide bonds. The number of methoxy groups -OCH3 is 1. The third-order valence-corrected chi connectivity index (χ3v) is 7.69. The molecule has 206 valence electrons. The molecule has 9 nitrogen and oxygen atoms in total. The molecule has 10 heteroatoms. The predicted octanol–water partition coefficient (Wildman–Crippen LogP) is 4.36. The van der Waals surface area contributed by atoms with Gasteiger partial charge < -0.3 is 29.2 Å². The SMILES string of the molecule is CCOc1cc(C(=O)NCCN2CCN(c3nc4c(OC)ccc(C)c4s3)CC2)cc(OCC)c1OCC. The summed E-state index contributed by atoms with van der Waals surface area (Å²) in [5, 5.41) is 4.08. The third-order valence-electron chi connectivity index (χ3n) is 6.44. The topological polar surface area (TPSA) is 85.4 Å². The summed E-state index contributed by atoms with van der Waals surface area (Å²) in [6.45, 7) is 14.2. The molecule has 38 heavy (non-hydrogen) atoms. The smallest absolute Gasteiger partial charge is 0.251 e. The second-order valence-corrected chi connectivity index (χ2v) is 9.92. The largest absolute Gasteiger partial charge is 0.494 e. The number of piperazine rings is 1. The Hall–Kier alpha value is -3.24. The molecule has 0 atom stereocenters. The highest BCUT2D eigenvalue weighted by atomic mass is 32.1. The quantitative estimate of drug-likeness (QED) is 0.361. The number of carbonyl (C=O) groups excluding carboxylic acids is 1. The van der Waals surface area contributed by atoms with Gasteiger partial charge in [0.25, 0.3) is 5.91 Å². The molecule has 0 bridgehead atoms. The number of carbonyl (C=O) groups is 1. The molecule has 0 aliphatic carbocycles. The van der Waals surface area contributed by atoms with Gasteiger partial charge in [0.2, 0.25) is 5.75 Å². The Morgan fingerprint density at radius 2 is 1.63 bits per heavy atom. The lowest BCUT2D eigenvalue weighted by atomic mass is 10.1. The van der Waals surface area contributed by atoms with Gasteiger partial charge in [0.1, 0.15) is 11.3 Å². The molecule has 2 aromatic carbocycles. The van der Waals surface area contributed by atoms with Crippen molar-refractivity contribution >= 4 is 32.6 Å². The Kier molecular flexibility index (Phi) is 9.52. The minimum Gasteiger partial charge on any atom is -0.494 e. The lowest BCUT2D eigenvalue weighted by Crippen LogP contribution is -2.48. The number of nitrogens with zero attached hydrogens (tertiary/aromatic N) is 3.